The van der Waals surface area contributed by atoms with Gasteiger partial charge in [0.15, 0.2) is 0 Å². The van der Waals surface area contributed by atoms with Crippen molar-refractivity contribution in [3.8, 4) is 0 Å². The molecule has 1 aliphatic carbocycles. The molecule has 1 saturated carbocycles. The first-order chi connectivity index (χ1) is 12.0. The summed E-state index contributed by atoms with van der Waals surface area (Å²) in [4.78, 5) is 22.6. The average molecular weight is 354 g/mol. The van der Waals surface area contributed by atoms with E-state index in [1.807, 2.05) is 0 Å². The molecule has 144 valence electrons. The second kappa shape index (κ2) is 12.2. The van der Waals surface area contributed by atoms with Gasteiger partial charge in [-0.3, -0.25) is 9.59 Å². The van der Waals surface area contributed by atoms with Crippen LogP contribution >= 0.6 is 0 Å². The van der Waals surface area contributed by atoms with Crippen molar-refractivity contribution in [3.63, 3.8) is 0 Å². The summed E-state index contributed by atoms with van der Waals surface area (Å²) in [7, 11) is 0. The molecule has 0 aromatic carbocycles. The van der Waals surface area contributed by atoms with E-state index in [1.165, 1.54) is 0 Å². The highest BCUT2D eigenvalue weighted by molar-refractivity contribution is 5.85. The highest BCUT2D eigenvalue weighted by Crippen LogP contribution is 2.34. The van der Waals surface area contributed by atoms with Crippen molar-refractivity contribution in [3.05, 3.63) is 12.2 Å². The van der Waals surface area contributed by atoms with Crippen LogP contribution in [0.25, 0.3) is 0 Å². The quantitative estimate of drug-likeness (QED) is 0.348. The molecule has 0 radical (unpaired) electrons. The molecule has 0 aliphatic heterocycles. The van der Waals surface area contributed by atoms with E-state index in [0.717, 1.165) is 44.9 Å². The van der Waals surface area contributed by atoms with Crippen LogP contribution in [0.15, 0.2) is 12.2 Å². The third-order valence-electron chi connectivity index (χ3n) is 5.06. The lowest BCUT2D eigenvalue weighted by molar-refractivity contribution is -0.137. The van der Waals surface area contributed by atoms with Crippen molar-refractivity contribution in [2.24, 2.45) is 11.8 Å². The summed E-state index contributed by atoms with van der Waals surface area (Å²) in [5, 5.41) is 28.7. The maximum Gasteiger partial charge on any atom is 0.303 e. The van der Waals surface area contributed by atoms with E-state index in [-0.39, 0.29) is 30.5 Å². The molecule has 25 heavy (non-hydrogen) atoms. The lowest BCUT2D eigenvalue weighted by atomic mass is 9.88. The summed E-state index contributed by atoms with van der Waals surface area (Å²) in [5.41, 5.74) is 0. The highest BCUT2D eigenvalue weighted by Gasteiger charge is 2.39. The minimum Gasteiger partial charge on any atom is -0.481 e. The van der Waals surface area contributed by atoms with E-state index >= 15 is 0 Å². The fourth-order valence-electron chi connectivity index (χ4n) is 3.55. The van der Waals surface area contributed by atoms with Crippen molar-refractivity contribution in [2.75, 3.05) is 0 Å². The molecule has 0 amide bonds. The van der Waals surface area contributed by atoms with Crippen molar-refractivity contribution in [1.29, 1.82) is 0 Å². The molecule has 1 rings (SSSR count). The van der Waals surface area contributed by atoms with Gasteiger partial charge in [-0.15, -0.1) is 0 Å². The zero-order valence-electron chi connectivity index (χ0n) is 15.4. The van der Waals surface area contributed by atoms with Crippen molar-refractivity contribution in [2.45, 2.75) is 89.8 Å². The number of ketones is 1. The Labute approximate surface area is 151 Å². The van der Waals surface area contributed by atoms with Crippen LogP contribution < -0.4 is 0 Å². The fourth-order valence-corrected chi connectivity index (χ4v) is 3.55. The first kappa shape index (κ1) is 21.8. The van der Waals surface area contributed by atoms with Gasteiger partial charge in [-0.1, -0.05) is 57.6 Å². The minimum absolute atomic E-state index is 0.0559. The van der Waals surface area contributed by atoms with Crippen LogP contribution in [0.5, 0.6) is 0 Å². The Balaban J connectivity index is 2.39. The predicted octanol–water partition coefficient (Wildman–Crippen LogP) is 3.48. The Morgan fingerprint density at radius 2 is 1.92 bits per heavy atom. The maximum absolute atomic E-state index is 12.1. The van der Waals surface area contributed by atoms with Gasteiger partial charge in [0.05, 0.1) is 12.2 Å². The Hall–Kier alpha value is -1.20. The normalized spacial score (nSPS) is 24.9. The van der Waals surface area contributed by atoms with Gasteiger partial charge in [0.25, 0.3) is 0 Å². The predicted molar refractivity (Wildman–Crippen MR) is 97.2 cm³/mol. The molecular formula is C20H34O5. The molecular weight excluding hydrogens is 320 g/mol. The maximum atomic E-state index is 12.1. The average Bonchev–Trinajstić information content (AvgIpc) is 2.82. The molecule has 1 fully saturated rings. The van der Waals surface area contributed by atoms with Crippen LogP contribution in [0.4, 0.5) is 0 Å². The molecule has 1 aliphatic rings. The van der Waals surface area contributed by atoms with E-state index in [4.69, 9.17) is 5.11 Å². The molecule has 1 unspecified atom stereocenters. The number of allylic oxidation sites excluding steroid dienone is 1. The SMILES string of the molecule is CCCCCC(O)C=C[C@H]1C(=O)C[C@H](O)[C@@H]1CCCCCCC(=O)O. The van der Waals surface area contributed by atoms with Gasteiger partial charge in [0, 0.05) is 18.8 Å². The molecule has 5 nitrogen and oxygen atoms in total. The highest BCUT2D eigenvalue weighted by atomic mass is 16.4. The van der Waals surface area contributed by atoms with E-state index in [9.17, 15) is 19.8 Å². The largest absolute Gasteiger partial charge is 0.481 e. The number of rotatable bonds is 13. The zero-order chi connectivity index (χ0) is 18.7. The number of hydrogen-bond acceptors (Lipinski definition) is 4. The summed E-state index contributed by atoms with van der Waals surface area (Å²) in [6.45, 7) is 2.12. The minimum atomic E-state index is -0.764. The van der Waals surface area contributed by atoms with Gasteiger partial charge >= 0.3 is 5.97 Å². The third kappa shape index (κ3) is 8.63. The summed E-state index contributed by atoms with van der Waals surface area (Å²) < 4.78 is 0. The molecule has 3 N–H and O–H groups in total. The standard InChI is InChI=1S/C20H34O5/c1-2-3-6-9-15(21)12-13-17-16(18(22)14-19(17)23)10-7-4-5-8-11-20(24)25/h12-13,15-18,21-22H,2-11,14H2,1H3,(H,24,25)/t15?,16-,17-,18+/m1/s1. The van der Waals surface area contributed by atoms with Crippen LogP contribution in [0.1, 0.15) is 77.6 Å². The Morgan fingerprint density at radius 3 is 2.60 bits per heavy atom. The molecule has 0 aromatic heterocycles. The number of aliphatic carboxylic acids is 1. The summed E-state index contributed by atoms with van der Waals surface area (Å²) in [6, 6.07) is 0. The first-order valence-corrected chi connectivity index (χ1v) is 9.74. The van der Waals surface area contributed by atoms with Crippen LogP contribution in [-0.2, 0) is 9.59 Å². The molecule has 0 aromatic rings. The number of carbonyl (C=O) groups excluding carboxylic acids is 1. The zero-order valence-corrected chi connectivity index (χ0v) is 15.4. The molecule has 0 heterocycles. The van der Waals surface area contributed by atoms with Crippen LogP contribution in [-0.4, -0.2) is 39.3 Å². The number of carboxylic acid groups (broad SMARTS) is 1. The van der Waals surface area contributed by atoms with Gasteiger partial charge in [0.1, 0.15) is 5.78 Å². The number of carboxylic acids is 1. The molecule has 0 spiro atoms. The number of aliphatic hydroxyl groups excluding tert-OH is 2. The van der Waals surface area contributed by atoms with Crippen molar-refractivity contribution >= 4 is 11.8 Å². The smallest absolute Gasteiger partial charge is 0.303 e. The summed E-state index contributed by atoms with van der Waals surface area (Å²) in [6.07, 6.45) is 10.8. The van der Waals surface area contributed by atoms with Crippen LogP contribution in [0.2, 0.25) is 0 Å². The number of aliphatic hydroxyl groups is 2. The Bertz CT molecular complexity index is 432. The number of carbonyl (C=O) groups is 2. The monoisotopic (exact) mass is 354 g/mol. The first-order valence-electron chi connectivity index (χ1n) is 9.74. The van der Waals surface area contributed by atoms with Gasteiger partial charge in [-0.2, -0.15) is 0 Å². The van der Waals surface area contributed by atoms with Crippen LogP contribution in [0, 0.1) is 11.8 Å². The Morgan fingerprint density at radius 1 is 1.20 bits per heavy atom. The van der Waals surface area contributed by atoms with E-state index in [0.29, 0.717) is 12.8 Å². The van der Waals surface area contributed by atoms with E-state index in [1.54, 1.807) is 12.2 Å². The van der Waals surface area contributed by atoms with Gasteiger partial charge < -0.3 is 15.3 Å². The van der Waals surface area contributed by atoms with E-state index in [2.05, 4.69) is 6.92 Å². The number of unbranched alkanes of at least 4 members (excludes halogenated alkanes) is 5. The van der Waals surface area contributed by atoms with Crippen LogP contribution in [0.3, 0.4) is 0 Å². The lowest BCUT2D eigenvalue weighted by Crippen LogP contribution is -2.19. The molecule has 5 heteroatoms. The molecule has 0 bridgehead atoms. The second-order valence-corrected chi connectivity index (χ2v) is 7.22. The fraction of sp³-hybridized carbons (Fsp3) is 0.800. The lowest BCUT2D eigenvalue weighted by Gasteiger charge is -2.18. The topological polar surface area (TPSA) is 94.8 Å². The van der Waals surface area contributed by atoms with Gasteiger partial charge in [-0.25, -0.2) is 0 Å². The van der Waals surface area contributed by atoms with Crippen molar-refractivity contribution in [1.82, 2.24) is 0 Å². The van der Waals surface area contributed by atoms with Crippen molar-refractivity contribution < 1.29 is 24.9 Å². The summed E-state index contributed by atoms with van der Waals surface area (Å²) in [5.74, 6) is -1.08. The third-order valence-corrected chi connectivity index (χ3v) is 5.06. The van der Waals surface area contributed by atoms with Gasteiger partial charge in [-0.05, 0) is 25.2 Å². The summed E-state index contributed by atoms with van der Waals surface area (Å²) >= 11 is 0. The number of hydrogen-bond donors (Lipinski definition) is 3. The molecule has 0 saturated heterocycles. The van der Waals surface area contributed by atoms with E-state index < -0.39 is 18.2 Å². The second-order valence-electron chi connectivity index (χ2n) is 7.22. The van der Waals surface area contributed by atoms with Gasteiger partial charge in [0.2, 0.25) is 0 Å². The Kier molecular flexibility index (Phi) is 10.7. The number of Topliss-reactive ketones (excluding diaryl/α,β-unsaturated/α-hetero) is 1. The molecule has 4 atom stereocenters.